The molecule has 0 radical (unpaired) electrons. The summed E-state index contributed by atoms with van der Waals surface area (Å²) in [7, 11) is 0. The molecule has 88 valence electrons. The fourth-order valence-corrected chi connectivity index (χ4v) is 1.66. The van der Waals surface area contributed by atoms with Crippen molar-refractivity contribution in [2.75, 3.05) is 19.6 Å². The summed E-state index contributed by atoms with van der Waals surface area (Å²) in [5, 5.41) is 10.1. The Balaban J connectivity index is 3.24. The minimum atomic E-state index is 0.742. The summed E-state index contributed by atoms with van der Waals surface area (Å²) in [5.41, 5.74) is 0. The van der Waals surface area contributed by atoms with Crippen molar-refractivity contribution in [2.45, 2.75) is 33.1 Å². The molecule has 0 spiro atoms. The van der Waals surface area contributed by atoms with Crippen molar-refractivity contribution in [3.05, 3.63) is 0 Å². The molecule has 3 nitrogen and oxygen atoms in total. The molecule has 0 saturated carbocycles. The summed E-state index contributed by atoms with van der Waals surface area (Å²) in [5.74, 6) is 0. The van der Waals surface area contributed by atoms with Crippen molar-refractivity contribution in [3.63, 3.8) is 0 Å². The highest BCUT2D eigenvalue weighted by Crippen LogP contribution is 1.95. The summed E-state index contributed by atoms with van der Waals surface area (Å²) in [4.78, 5) is 0.965. The third-order valence-corrected chi connectivity index (χ3v) is 2.46. The number of nitrogens with one attached hydrogen (secondary N) is 3. The molecule has 5 heteroatoms. The lowest BCUT2D eigenvalue weighted by molar-refractivity contribution is 0.716. The van der Waals surface area contributed by atoms with Crippen molar-refractivity contribution in [1.82, 2.24) is 16.0 Å². The van der Waals surface area contributed by atoms with Gasteiger partial charge in [0.15, 0.2) is 5.11 Å². The molecule has 0 fully saturated rings. The highest BCUT2D eigenvalue weighted by atomic mass is 32.1. The maximum atomic E-state index is 5.13. The zero-order valence-corrected chi connectivity index (χ0v) is 11.2. The normalized spacial score (nSPS) is 9.47. The van der Waals surface area contributed by atoms with Crippen molar-refractivity contribution in [3.8, 4) is 0 Å². The van der Waals surface area contributed by atoms with Gasteiger partial charge in [0.1, 0.15) is 0 Å². The largest absolute Gasteiger partial charge is 0.380 e. The van der Waals surface area contributed by atoms with E-state index in [1.807, 2.05) is 6.92 Å². The first-order valence-electron chi connectivity index (χ1n) is 5.49. The summed E-state index contributed by atoms with van der Waals surface area (Å²) < 4.78 is 0. The van der Waals surface area contributed by atoms with Crippen molar-refractivity contribution in [2.24, 2.45) is 0 Å². The molecule has 0 amide bonds. The molecule has 0 aromatic carbocycles. The second-order valence-corrected chi connectivity index (χ2v) is 4.10. The van der Waals surface area contributed by atoms with Crippen LogP contribution in [0, 0.1) is 0 Å². The fourth-order valence-electron chi connectivity index (χ4n) is 1.12. The Labute approximate surface area is 103 Å². The van der Waals surface area contributed by atoms with E-state index in [2.05, 4.69) is 22.9 Å². The van der Waals surface area contributed by atoms with Crippen LogP contribution in [-0.2, 0) is 0 Å². The Bertz CT molecular complexity index is 175. The van der Waals surface area contributed by atoms with Gasteiger partial charge >= 0.3 is 0 Å². The number of thiocarbonyl (C=S) groups is 2. The predicted octanol–water partition coefficient (Wildman–Crippen LogP) is 1.58. The van der Waals surface area contributed by atoms with Gasteiger partial charge in [-0.05, 0) is 45.3 Å². The average Bonchev–Trinajstić information content (AvgIpc) is 2.18. The van der Waals surface area contributed by atoms with Gasteiger partial charge in [0.25, 0.3) is 0 Å². The summed E-state index contributed by atoms with van der Waals surface area (Å²) in [6.07, 6.45) is 3.17. The van der Waals surface area contributed by atoms with E-state index in [4.69, 9.17) is 24.4 Å². The smallest absolute Gasteiger partial charge is 0.166 e. The lowest BCUT2D eigenvalue weighted by Crippen LogP contribution is -2.35. The molecule has 0 aliphatic heterocycles. The molecule has 0 heterocycles. The molecular formula is C10H21N3S2. The minimum Gasteiger partial charge on any atom is -0.380 e. The maximum absolute atomic E-state index is 5.13. The van der Waals surface area contributed by atoms with Gasteiger partial charge in [0.2, 0.25) is 0 Å². The van der Waals surface area contributed by atoms with Crippen molar-refractivity contribution in [1.29, 1.82) is 0 Å². The van der Waals surface area contributed by atoms with Gasteiger partial charge in [0, 0.05) is 19.6 Å². The maximum Gasteiger partial charge on any atom is 0.166 e. The van der Waals surface area contributed by atoms with Gasteiger partial charge in [-0.3, -0.25) is 0 Å². The summed E-state index contributed by atoms with van der Waals surface area (Å²) in [6, 6.07) is 0. The molecule has 3 N–H and O–H groups in total. The molecule has 0 rings (SSSR count). The molecule has 0 aromatic heterocycles. The lowest BCUT2D eigenvalue weighted by Gasteiger charge is -2.08. The van der Waals surface area contributed by atoms with Gasteiger partial charge in [-0.25, -0.2) is 0 Å². The number of rotatable bonds is 7. The third-order valence-electron chi connectivity index (χ3n) is 1.83. The van der Waals surface area contributed by atoms with Crippen molar-refractivity contribution >= 4 is 34.5 Å². The van der Waals surface area contributed by atoms with Crippen LogP contribution in [0.15, 0.2) is 0 Å². The van der Waals surface area contributed by atoms with E-state index in [9.17, 15) is 0 Å². The summed E-state index contributed by atoms with van der Waals surface area (Å²) in [6.45, 7) is 6.80. The number of hydrogen-bond acceptors (Lipinski definition) is 2. The van der Waals surface area contributed by atoms with Crippen molar-refractivity contribution < 1.29 is 0 Å². The van der Waals surface area contributed by atoms with Crippen LogP contribution in [0.3, 0.4) is 0 Å². The zero-order chi connectivity index (χ0) is 11.5. The van der Waals surface area contributed by atoms with Gasteiger partial charge in [0.05, 0.1) is 4.99 Å². The second kappa shape index (κ2) is 10.1. The highest BCUT2D eigenvalue weighted by Gasteiger charge is 1.95. The van der Waals surface area contributed by atoms with E-state index in [1.54, 1.807) is 0 Å². The standard InChI is InChI=1S/C10H21N3S2/c1-3-11-9(14)7-5-6-8-13-10(15)12-4-2/h3-8H2,1-2H3,(H,11,14)(H2,12,13,15). The van der Waals surface area contributed by atoms with E-state index >= 15 is 0 Å². The first-order chi connectivity index (χ1) is 7.20. The van der Waals surface area contributed by atoms with E-state index in [0.29, 0.717) is 0 Å². The lowest BCUT2D eigenvalue weighted by atomic mass is 10.2. The SMILES string of the molecule is CCNC(=S)CCCCNC(=S)NCC. The Hall–Kier alpha value is -0.420. The molecule has 0 aliphatic carbocycles. The first kappa shape index (κ1) is 14.6. The van der Waals surface area contributed by atoms with Crippen LogP contribution in [0.1, 0.15) is 33.1 Å². The Morgan fingerprint density at radius 3 is 2.20 bits per heavy atom. The average molecular weight is 247 g/mol. The highest BCUT2D eigenvalue weighted by molar-refractivity contribution is 7.80. The number of hydrogen-bond donors (Lipinski definition) is 3. The quantitative estimate of drug-likeness (QED) is 0.470. The molecular weight excluding hydrogens is 226 g/mol. The van der Waals surface area contributed by atoms with Crippen LogP contribution in [0.25, 0.3) is 0 Å². The van der Waals surface area contributed by atoms with Crippen LogP contribution in [0.2, 0.25) is 0 Å². The van der Waals surface area contributed by atoms with Gasteiger partial charge in [-0.15, -0.1) is 0 Å². The fraction of sp³-hybridized carbons (Fsp3) is 0.800. The van der Waals surface area contributed by atoms with E-state index in [0.717, 1.165) is 49.0 Å². The summed E-state index contributed by atoms with van der Waals surface area (Å²) >= 11 is 10.2. The Morgan fingerprint density at radius 1 is 0.933 bits per heavy atom. The topological polar surface area (TPSA) is 36.1 Å². The zero-order valence-electron chi connectivity index (χ0n) is 9.56. The Morgan fingerprint density at radius 2 is 1.60 bits per heavy atom. The molecule has 0 aromatic rings. The molecule has 0 atom stereocenters. The van der Waals surface area contributed by atoms with Crippen LogP contribution in [-0.4, -0.2) is 29.7 Å². The molecule has 0 bridgehead atoms. The Kier molecular flexibility index (Phi) is 9.83. The second-order valence-electron chi connectivity index (χ2n) is 3.20. The predicted molar refractivity (Wildman–Crippen MR) is 74.4 cm³/mol. The third kappa shape index (κ3) is 9.87. The van der Waals surface area contributed by atoms with E-state index in [1.165, 1.54) is 0 Å². The van der Waals surface area contributed by atoms with Gasteiger partial charge < -0.3 is 16.0 Å². The van der Waals surface area contributed by atoms with E-state index in [-0.39, 0.29) is 0 Å². The first-order valence-corrected chi connectivity index (χ1v) is 6.30. The van der Waals surface area contributed by atoms with Crippen LogP contribution in [0.4, 0.5) is 0 Å². The van der Waals surface area contributed by atoms with Gasteiger partial charge in [-0.2, -0.15) is 0 Å². The molecule has 0 aliphatic rings. The van der Waals surface area contributed by atoms with Gasteiger partial charge in [-0.1, -0.05) is 12.2 Å². The molecule has 15 heavy (non-hydrogen) atoms. The number of unbranched alkanes of at least 4 members (excludes halogenated alkanes) is 1. The monoisotopic (exact) mass is 247 g/mol. The molecule has 0 saturated heterocycles. The van der Waals surface area contributed by atoms with E-state index < -0.39 is 0 Å². The van der Waals surface area contributed by atoms with Crippen LogP contribution in [0.5, 0.6) is 0 Å². The molecule has 0 unspecified atom stereocenters. The minimum absolute atomic E-state index is 0.742. The van der Waals surface area contributed by atoms with Crippen LogP contribution < -0.4 is 16.0 Å². The van der Waals surface area contributed by atoms with Crippen LogP contribution >= 0.6 is 24.4 Å².